The Morgan fingerprint density at radius 3 is 2.63 bits per heavy atom. The van der Waals surface area contributed by atoms with E-state index in [1.54, 1.807) is 12.1 Å². The molecular weight excluding hydrogens is 263 g/mol. The normalized spacial score (nSPS) is 30.3. The maximum Gasteiger partial charge on any atom is 0.127 e. The number of aliphatic hydroxyl groups is 1. The van der Waals surface area contributed by atoms with Gasteiger partial charge in [0.05, 0.1) is 5.60 Å². The third-order valence-corrected chi connectivity index (χ3v) is 4.76. The first-order valence-corrected chi connectivity index (χ1v) is 7.26. The predicted octanol–water partition coefficient (Wildman–Crippen LogP) is 4.60. The summed E-state index contributed by atoms with van der Waals surface area (Å²) in [6.07, 6.45) is 3.04. The summed E-state index contributed by atoms with van der Waals surface area (Å²) in [6.45, 7) is 6.52. The highest BCUT2D eigenvalue weighted by molar-refractivity contribution is 6.30. The average Bonchev–Trinajstić information content (AvgIpc) is 2.28. The molecular formula is C16H22ClFO. The molecule has 0 spiro atoms. The SMILES string of the molecule is CC1CC(C)(C)CCC1(O)Cc1ccc(Cl)cc1F. The molecule has 1 aliphatic carbocycles. The molecule has 1 N–H and O–H groups in total. The summed E-state index contributed by atoms with van der Waals surface area (Å²) < 4.78 is 13.9. The lowest BCUT2D eigenvalue weighted by molar-refractivity contribution is -0.0708. The monoisotopic (exact) mass is 284 g/mol. The van der Waals surface area contributed by atoms with E-state index >= 15 is 0 Å². The molecule has 3 heteroatoms. The molecule has 19 heavy (non-hydrogen) atoms. The largest absolute Gasteiger partial charge is 0.389 e. The molecule has 1 aliphatic rings. The molecule has 1 aromatic rings. The van der Waals surface area contributed by atoms with Gasteiger partial charge in [0.15, 0.2) is 0 Å². The molecule has 0 saturated heterocycles. The van der Waals surface area contributed by atoms with Crippen LogP contribution in [0.5, 0.6) is 0 Å². The molecule has 0 amide bonds. The highest BCUT2D eigenvalue weighted by atomic mass is 35.5. The summed E-state index contributed by atoms with van der Waals surface area (Å²) in [4.78, 5) is 0. The Hall–Kier alpha value is -0.600. The van der Waals surface area contributed by atoms with Gasteiger partial charge in [-0.25, -0.2) is 4.39 Å². The smallest absolute Gasteiger partial charge is 0.127 e. The summed E-state index contributed by atoms with van der Waals surface area (Å²) in [6, 6.07) is 4.68. The van der Waals surface area contributed by atoms with Crippen LogP contribution in [0.15, 0.2) is 18.2 Å². The van der Waals surface area contributed by atoms with E-state index in [0.717, 1.165) is 19.3 Å². The highest BCUT2D eigenvalue weighted by Crippen LogP contribution is 2.45. The van der Waals surface area contributed by atoms with Crippen molar-refractivity contribution in [2.24, 2.45) is 11.3 Å². The van der Waals surface area contributed by atoms with E-state index in [1.165, 1.54) is 6.07 Å². The van der Waals surface area contributed by atoms with Crippen molar-refractivity contribution in [3.8, 4) is 0 Å². The standard InChI is InChI=1S/C16H22ClFO/c1-11-9-15(2,3)6-7-16(11,19)10-12-4-5-13(17)8-14(12)18/h4-5,8,11,19H,6-7,9-10H2,1-3H3. The van der Waals surface area contributed by atoms with Crippen LogP contribution in [-0.4, -0.2) is 10.7 Å². The van der Waals surface area contributed by atoms with Gasteiger partial charge < -0.3 is 5.11 Å². The summed E-state index contributed by atoms with van der Waals surface area (Å²) in [5.74, 6) is -0.149. The van der Waals surface area contributed by atoms with Crippen molar-refractivity contribution in [2.75, 3.05) is 0 Å². The fraction of sp³-hybridized carbons (Fsp3) is 0.625. The predicted molar refractivity (Wildman–Crippen MR) is 76.9 cm³/mol. The summed E-state index contributed by atoms with van der Waals surface area (Å²) in [5, 5.41) is 11.2. The highest BCUT2D eigenvalue weighted by Gasteiger charge is 2.42. The fourth-order valence-corrected chi connectivity index (χ4v) is 3.34. The van der Waals surface area contributed by atoms with Crippen LogP contribution in [-0.2, 0) is 6.42 Å². The van der Waals surface area contributed by atoms with Gasteiger partial charge in [-0.05, 0) is 48.3 Å². The second-order valence-corrected chi connectivity index (χ2v) is 7.22. The van der Waals surface area contributed by atoms with Crippen molar-refractivity contribution in [3.05, 3.63) is 34.6 Å². The van der Waals surface area contributed by atoms with Gasteiger partial charge in [0, 0.05) is 11.4 Å². The molecule has 1 nitrogen and oxygen atoms in total. The number of hydrogen-bond acceptors (Lipinski definition) is 1. The van der Waals surface area contributed by atoms with Gasteiger partial charge in [0.1, 0.15) is 5.82 Å². The van der Waals surface area contributed by atoms with Gasteiger partial charge in [0.25, 0.3) is 0 Å². The van der Waals surface area contributed by atoms with Crippen molar-refractivity contribution in [2.45, 2.75) is 52.1 Å². The number of rotatable bonds is 2. The zero-order chi connectivity index (χ0) is 14.3. The van der Waals surface area contributed by atoms with E-state index in [4.69, 9.17) is 11.6 Å². The molecule has 1 fully saturated rings. The minimum atomic E-state index is -0.801. The topological polar surface area (TPSA) is 20.2 Å². The van der Waals surface area contributed by atoms with Crippen molar-refractivity contribution in [1.29, 1.82) is 0 Å². The molecule has 1 saturated carbocycles. The quantitative estimate of drug-likeness (QED) is 0.841. The lowest BCUT2D eigenvalue weighted by atomic mass is 9.64. The van der Waals surface area contributed by atoms with E-state index < -0.39 is 5.60 Å². The van der Waals surface area contributed by atoms with Crippen LogP contribution in [0.3, 0.4) is 0 Å². The van der Waals surface area contributed by atoms with Crippen LogP contribution < -0.4 is 0 Å². The van der Waals surface area contributed by atoms with Crippen LogP contribution in [0.4, 0.5) is 4.39 Å². The van der Waals surface area contributed by atoms with Crippen molar-refractivity contribution in [3.63, 3.8) is 0 Å². The molecule has 2 atom stereocenters. The number of halogens is 2. The fourth-order valence-electron chi connectivity index (χ4n) is 3.18. The molecule has 2 unspecified atom stereocenters. The summed E-state index contributed by atoms with van der Waals surface area (Å²) in [7, 11) is 0. The van der Waals surface area contributed by atoms with Crippen molar-refractivity contribution < 1.29 is 9.50 Å². The number of hydrogen-bond donors (Lipinski definition) is 1. The van der Waals surface area contributed by atoms with Gasteiger partial charge >= 0.3 is 0 Å². The van der Waals surface area contributed by atoms with Gasteiger partial charge in [-0.3, -0.25) is 0 Å². The minimum Gasteiger partial charge on any atom is -0.389 e. The van der Waals surface area contributed by atoms with Crippen LogP contribution in [0.2, 0.25) is 5.02 Å². The molecule has 0 radical (unpaired) electrons. The van der Waals surface area contributed by atoms with Crippen LogP contribution in [0.25, 0.3) is 0 Å². The third-order valence-electron chi connectivity index (χ3n) is 4.52. The summed E-state index contributed by atoms with van der Waals surface area (Å²) in [5.41, 5.74) is 0.0208. The van der Waals surface area contributed by atoms with Crippen molar-refractivity contribution >= 4 is 11.6 Å². The third kappa shape index (κ3) is 3.29. The average molecular weight is 285 g/mol. The van der Waals surface area contributed by atoms with E-state index in [2.05, 4.69) is 20.8 Å². The Morgan fingerprint density at radius 2 is 2.05 bits per heavy atom. The molecule has 0 aliphatic heterocycles. The maximum atomic E-state index is 13.9. The summed E-state index contributed by atoms with van der Waals surface area (Å²) >= 11 is 5.76. The Labute approximate surface area is 119 Å². The van der Waals surface area contributed by atoms with E-state index in [-0.39, 0.29) is 17.2 Å². The minimum absolute atomic E-state index is 0.173. The Balaban J connectivity index is 2.18. The van der Waals surface area contributed by atoms with Gasteiger partial charge in [-0.2, -0.15) is 0 Å². The lowest BCUT2D eigenvalue weighted by Gasteiger charge is -2.45. The van der Waals surface area contributed by atoms with Gasteiger partial charge in [0.2, 0.25) is 0 Å². The van der Waals surface area contributed by atoms with Gasteiger partial charge in [-0.15, -0.1) is 0 Å². The Bertz CT molecular complexity index is 472. The van der Waals surface area contributed by atoms with E-state index in [9.17, 15) is 9.50 Å². The van der Waals surface area contributed by atoms with Crippen LogP contribution >= 0.6 is 11.6 Å². The molecule has 0 aromatic heterocycles. The van der Waals surface area contributed by atoms with Gasteiger partial charge in [-0.1, -0.05) is 38.4 Å². The van der Waals surface area contributed by atoms with Crippen LogP contribution in [0, 0.1) is 17.2 Å². The van der Waals surface area contributed by atoms with Crippen molar-refractivity contribution in [1.82, 2.24) is 0 Å². The first-order chi connectivity index (χ1) is 8.72. The van der Waals surface area contributed by atoms with Crippen LogP contribution in [0.1, 0.15) is 45.6 Å². The second-order valence-electron chi connectivity index (χ2n) is 6.79. The second kappa shape index (κ2) is 5.06. The lowest BCUT2D eigenvalue weighted by Crippen LogP contribution is -2.45. The Morgan fingerprint density at radius 1 is 1.37 bits per heavy atom. The molecule has 0 bridgehead atoms. The zero-order valence-corrected chi connectivity index (χ0v) is 12.6. The Kier molecular flexibility index (Phi) is 3.95. The molecule has 106 valence electrons. The first-order valence-electron chi connectivity index (χ1n) is 6.88. The van der Waals surface area contributed by atoms with E-state index in [1.807, 2.05) is 0 Å². The molecule has 2 rings (SSSR count). The zero-order valence-electron chi connectivity index (χ0n) is 11.8. The molecule has 1 aromatic carbocycles. The van der Waals surface area contributed by atoms with E-state index in [0.29, 0.717) is 17.0 Å². The maximum absolute atomic E-state index is 13.9. The molecule has 0 heterocycles. The number of benzene rings is 1. The first kappa shape index (κ1) is 14.8.